The highest BCUT2D eigenvalue weighted by atomic mass is 35.5. The zero-order valence-corrected chi connectivity index (χ0v) is 15.1. The van der Waals surface area contributed by atoms with Crippen molar-refractivity contribution >= 4 is 28.3 Å². The predicted octanol–water partition coefficient (Wildman–Crippen LogP) is 1.31. The van der Waals surface area contributed by atoms with Gasteiger partial charge in [0.25, 0.3) is 10.0 Å². The molecular weight excluding hydrogens is 364 g/mol. The summed E-state index contributed by atoms with van der Waals surface area (Å²) in [5.41, 5.74) is 5.94. The van der Waals surface area contributed by atoms with E-state index in [1.165, 1.54) is 0 Å². The van der Waals surface area contributed by atoms with E-state index in [0.717, 1.165) is 23.6 Å². The monoisotopic (exact) mass is 389 g/mol. The first kappa shape index (κ1) is 21.5. The normalized spacial score (nSPS) is 26.3. The topological polar surface area (TPSA) is 92.5 Å². The number of hydrogen-bond acceptors (Lipinski definition) is 4. The summed E-state index contributed by atoms with van der Waals surface area (Å²) >= 11 is 0. The van der Waals surface area contributed by atoms with Crippen LogP contribution in [0, 0.1) is 11.8 Å². The van der Waals surface area contributed by atoms with Crippen molar-refractivity contribution in [3.05, 3.63) is 0 Å². The van der Waals surface area contributed by atoms with Gasteiger partial charge in [-0.3, -0.25) is 4.79 Å². The summed E-state index contributed by atoms with van der Waals surface area (Å²) in [6, 6.07) is 0.101. The third-order valence-corrected chi connectivity index (χ3v) is 6.45. The molecule has 3 N–H and O–H groups in total. The van der Waals surface area contributed by atoms with Crippen molar-refractivity contribution in [1.29, 1.82) is 0 Å². The second kappa shape index (κ2) is 9.26. The van der Waals surface area contributed by atoms with Crippen LogP contribution in [0.2, 0.25) is 0 Å². The third-order valence-electron chi connectivity index (χ3n) is 4.91. The first-order valence-electron chi connectivity index (χ1n) is 8.10. The summed E-state index contributed by atoms with van der Waals surface area (Å²) < 4.78 is 48.5. The van der Waals surface area contributed by atoms with Crippen LogP contribution in [0.1, 0.15) is 38.5 Å². The Morgan fingerprint density at radius 3 is 2.33 bits per heavy atom. The van der Waals surface area contributed by atoms with Crippen molar-refractivity contribution in [3.63, 3.8) is 0 Å². The van der Waals surface area contributed by atoms with Crippen molar-refractivity contribution in [1.82, 2.24) is 9.62 Å². The molecule has 0 radical (unpaired) electrons. The van der Waals surface area contributed by atoms with Gasteiger partial charge in [-0.05, 0) is 37.5 Å². The summed E-state index contributed by atoms with van der Waals surface area (Å²) in [6.07, 6.45) is 4.41. The van der Waals surface area contributed by atoms with E-state index in [9.17, 15) is 22.0 Å². The minimum absolute atomic E-state index is 0. The average molecular weight is 390 g/mol. The van der Waals surface area contributed by atoms with Crippen LogP contribution in [0.4, 0.5) is 8.78 Å². The largest absolute Gasteiger partial charge is 0.356 e. The van der Waals surface area contributed by atoms with Gasteiger partial charge < -0.3 is 11.1 Å². The van der Waals surface area contributed by atoms with Gasteiger partial charge in [0, 0.05) is 32.1 Å². The minimum atomic E-state index is -4.48. The SMILES string of the molecule is Cl.N[C@@H]1CCC[C@H]1CC(=O)NCC1CCN(S(=O)(=O)C(F)F)CC1. The molecule has 6 nitrogen and oxygen atoms in total. The number of amides is 1. The van der Waals surface area contributed by atoms with Gasteiger partial charge in [0.2, 0.25) is 5.91 Å². The number of hydrogen-bond donors (Lipinski definition) is 2. The van der Waals surface area contributed by atoms with Gasteiger partial charge in [-0.25, -0.2) is 8.42 Å². The van der Waals surface area contributed by atoms with E-state index in [0.29, 0.717) is 25.8 Å². The summed E-state index contributed by atoms with van der Waals surface area (Å²) in [7, 11) is -4.48. The van der Waals surface area contributed by atoms with Crippen molar-refractivity contribution in [3.8, 4) is 0 Å². The maximum absolute atomic E-state index is 12.5. The Morgan fingerprint density at radius 1 is 1.21 bits per heavy atom. The van der Waals surface area contributed by atoms with E-state index < -0.39 is 15.8 Å². The van der Waals surface area contributed by atoms with Crippen molar-refractivity contribution in [2.24, 2.45) is 17.6 Å². The quantitative estimate of drug-likeness (QED) is 0.716. The Labute approximate surface area is 148 Å². The summed E-state index contributed by atoms with van der Waals surface area (Å²) in [5, 5.41) is 2.87. The van der Waals surface area contributed by atoms with E-state index in [-0.39, 0.29) is 49.3 Å². The molecule has 0 aromatic heterocycles. The molecule has 10 heteroatoms. The fourth-order valence-corrected chi connectivity index (χ4v) is 4.31. The minimum Gasteiger partial charge on any atom is -0.356 e. The van der Waals surface area contributed by atoms with Crippen molar-refractivity contribution in [2.45, 2.75) is 50.3 Å². The molecule has 1 saturated heterocycles. The number of nitrogens with two attached hydrogens (primary N) is 1. The number of carbonyl (C=O) groups excluding carboxylic acids is 1. The fraction of sp³-hybridized carbons (Fsp3) is 0.929. The second-order valence-corrected chi connectivity index (χ2v) is 8.41. The number of alkyl halides is 2. The van der Waals surface area contributed by atoms with E-state index in [2.05, 4.69) is 5.32 Å². The Hall–Kier alpha value is -0.510. The lowest BCUT2D eigenvalue weighted by atomic mass is 9.97. The zero-order chi connectivity index (χ0) is 17.0. The Balaban J connectivity index is 0.00000288. The second-order valence-electron chi connectivity index (χ2n) is 6.51. The average Bonchev–Trinajstić information content (AvgIpc) is 2.90. The van der Waals surface area contributed by atoms with E-state index in [1.54, 1.807) is 0 Å². The maximum Gasteiger partial charge on any atom is 0.350 e. The standard InChI is InChI=1S/C14H25F2N3O3S.ClH/c15-14(16)23(21,22)19-6-4-10(5-7-19)9-18-13(20)8-11-2-1-3-12(11)17;/h10-12,14H,1-9,17H2,(H,18,20);1H/t11-,12+;/m0./s1. The molecule has 0 spiro atoms. The van der Waals surface area contributed by atoms with Crippen LogP contribution < -0.4 is 11.1 Å². The number of halogens is 3. The smallest absolute Gasteiger partial charge is 0.350 e. The van der Waals surface area contributed by atoms with Crippen molar-refractivity contribution in [2.75, 3.05) is 19.6 Å². The molecule has 0 aromatic rings. The Kier molecular flexibility index (Phi) is 8.31. The number of carbonyl (C=O) groups is 1. The van der Waals surface area contributed by atoms with Gasteiger partial charge in [-0.2, -0.15) is 13.1 Å². The number of sulfonamides is 1. The van der Waals surface area contributed by atoms with Crippen LogP contribution in [-0.4, -0.2) is 50.1 Å². The highest BCUT2D eigenvalue weighted by Crippen LogP contribution is 2.27. The molecule has 2 rings (SSSR count). The number of piperidine rings is 1. The van der Waals surface area contributed by atoms with Crippen LogP contribution in [0.5, 0.6) is 0 Å². The van der Waals surface area contributed by atoms with Crippen LogP contribution in [0.15, 0.2) is 0 Å². The fourth-order valence-electron chi connectivity index (χ4n) is 3.37. The van der Waals surface area contributed by atoms with Gasteiger partial charge in [0.1, 0.15) is 0 Å². The molecule has 1 saturated carbocycles. The van der Waals surface area contributed by atoms with Crippen molar-refractivity contribution < 1.29 is 22.0 Å². The molecular formula is C14H26ClF2N3O3S. The molecule has 2 atom stereocenters. The zero-order valence-electron chi connectivity index (χ0n) is 13.5. The van der Waals surface area contributed by atoms with Gasteiger partial charge in [-0.1, -0.05) is 6.42 Å². The Bertz CT molecular complexity index is 513. The number of nitrogens with zero attached hydrogens (tertiary/aromatic N) is 1. The molecule has 2 aliphatic rings. The molecule has 2 fully saturated rings. The molecule has 24 heavy (non-hydrogen) atoms. The lowest BCUT2D eigenvalue weighted by molar-refractivity contribution is -0.122. The molecule has 1 aliphatic heterocycles. The van der Waals surface area contributed by atoms with Crippen LogP contribution >= 0.6 is 12.4 Å². The molecule has 0 unspecified atom stereocenters. The van der Waals surface area contributed by atoms with Gasteiger partial charge in [0.15, 0.2) is 0 Å². The van der Waals surface area contributed by atoms with E-state index >= 15 is 0 Å². The highest BCUT2D eigenvalue weighted by Gasteiger charge is 2.34. The first-order valence-corrected chi connectivity index (χ1v) is 9.60. The van der Waals surface area contributed by atoms with Gasteiger partial charge in [0.05, 0.1) is 0 Å². The van der Waals surface area contributed by atoms with E-state index in [4.69, 9.17) is 5.73 Å². The summed E-state index contributed by atoms with van der Waals surface area (Å²) in [5.74, 6) is -3.03. The van der Waals surface area contributed by atoms with Gasteiger partial charge >= 0.3 is 5.76 Å². The summed E-state index contributed by atoms with van der Waals surface area (Å²) in [6.45, 7) is 0.630. The third kappa shape index (κ3) is 5.50. The van der Waals surface area contributed by atoms with Crippen LogP contribution in [0.25, 0.3) is 0 Å². The Morgan fingerprint density at radius 2 is 1.83 bits per heavy atom. The summed E-state index contributed by atoms with van der Waals surface area (Å²) in [4.78, 5) is 11.9. The lowest BCUT2D eigenvalue weighted by Gasteiger charge is -2.31. The molecule has 0 bridgehead atoms. The number of nitrogens with one attached hydrogen (secondary N) is 1. The molecule has 1 amide bonds. The van der Waals surface area contributed by atoms with E-state index in [1.807, 2.05) is 0 Å². The highest BCUT2D eigenvalue weighted by molar-refractivity contribution is 7.89. The predicted molar refractivity (Wildman–Crippen MR) is 89.4 cm³/mol. The molecule has 1 aliphatic carbocycles. The number of rotatable bonds is 6. The lowest BCUT2D eigenvalue weighted by Crippen LogP contribution is -2.43. The maximum atomic E-state index is 12.5. The van der Waals surface area contributed by atoms with Crippen LogP contribution in [-0.2, 0) is 14.8 Å². The molecule has 1 heterocycles. The molecule has 142 valence electrons. The molecule has 0 aromatic carbocycles. The van der Waals surface area contributed by atoms with Gasteiger partial charge in [-0.15, -0.1) is 12.4 Å². The first-order chi connectivity index (χ1) is 10.8. The van der Waals surface area contributed by atoms with Crippen LogP contribution in [0.3, 0.4) is 0 Å².